The summed E-state index contributed by atoms with van der Waals surface area (Å²) in [6.45, 7) is 4.83. The molecule has 3 heteroatoms. The van der Waals surface area contributed by atoms with Gasteiger partial charge in [0.1, 0.15) is 0 Å². The zero-order chi connectivity index (χ0) is 9.26. The standard InChI is InChI=1S/C10H12NOS/c1-8-4-2-6-11(8)10(12)9-5-3-7-13-9/h3,5,7-8H,1-2,4,6H2. The Morgan fingerprint density at radius 1 is 1.69 bits per heavy atom. The molecular weight excluding hydrogens is 182 g/mol. The Kier molecular flexibility index (Phi) is 2.36. The third kappa shape index (κ3) is 1.61. The van der Waals surface area contributed by atoms with E-state index in [2.05, 4.69) is 6.92 Å². The summed E-state index contributed by atoms with van der Waals surface area (Å²) in [6.07, 6.45) is 2.13. The number of rotatable bonds is 1. The molecule has 0 saturated carbocycles. The van der Waals surface area contributed by atoms with Crippen LogP contribution in [0.15, 0.2) is 17.5 Å². The molecular formula is C10H12NOS. The minimum absolute atomic E-state index is 0.146. The van der Waals surface area contributed by atoms with Crippen molar-refractivity contribution in [1.29, 1.82) is 0 Å². The number of nitrogens with zero attached hydrogens (tertiary/aromatic N) is 1. The molecule has 1 aromatic heterocycles. The van der Waals surface area contributed by atoms with Gasteiger partial charge in [0, 0.05) is 12.6 Å². The highest BCUT2D eigenvalue weighted by molar-refractivity contribution is 7.12. The third-order valence-corrected chi connectivity index (χ3v) is 3.23. The van der Waals surface area contributed by atoms with E-state index in [-0.39, 0.29) is 11.9 Å². The van der Waals surface area contributed by atoms with Crippen molar-refractivity contribution in [1.82, 2.24) is 4.90 Å². The topological polar surface area (TPSA) is 20.3 Å². The van der Waals surface area contributed by atoms with Crippen molar-refractivity contribution >= 4 is 17.2 Å². The van der Waals surface area contributed by atoms with Crippen molar-refractivity contribution in [2.45, 2.75) is 18.9 Å². The third-order valence-electron chi connectivity index (χ3n) is 2.37. The van der Waals surface area contributed by atoms with Gasteiger partial charge < -0.3 is 4.90 Å². The van der Waals surface area contributed by atoms with Crippen LogP contribution in [0.4, 0.5) is 0 Å². The Morgan fingerprint density at radius 2 is 2.54 bits per heavy atom. The molecule has 2 nitrogen and oxygen atoms in total. The SMILES string of the molecule is [CH2]C1CCCN1C(=O)c1cccs1. The molecule has 2 rings (SSSR count). The Hall–Kier alpha value is -0.830. The molecule has 0 aromatic carbocycles. The lowest BCUT2D eigenvalue weighted by atomic mass is 10.2. The average Bonchev–Trinajstić information content (AvgIpc) is 2.72. The lowest BCUT2D eigenvalue weighted by molar-refractivity contribution is 0.0765. The molecule has 0 N–H and O–H groups in total. The summed E-state index contributed by atoms with van der Waals surface area (Å²) in [5.41, 5.74) is 0. The van der Waals surface area contributed by atoms with Gasteiger partial charge >= 0.3 is 0 Å². The van der Waals surface area contributed by atoms with Gasteiger partial charge in [-0.05, 0) is 31.2 Å². The highest BCUT2D eigenvalue weighted by Crippen LogP contribution is 2.21. The van der Waals surface area contributed by atoms with E-state index < -0.39 is 0 Å². The molecule has 0 spiro atoms. The van der Waals surface area contributed by atoms with Gasteiger partial charge in [-0.1, -0.05) is 6.07 Å². The minimum atomic E-state index is 0.146. The van der Waals surface area contributed by atoms with E-state index in [0.717, 1.165) is 24.3 Å². The highest BCUT2D eigenvalue weighted by Gasteiger charge is 2.26. The fourth-order valence-corrected chi connectivity index (χ4v) is 2.32. The van der Waals surface area contributed by atoms with Gasteiger partial charge in [-0.2, -0.15) is 0 Å². The monoisotopic (exact) mass is 194 g/mol. The van der Waals surface area contributed by atoms with Crippen LogP contribution in [0, 0.1) is 6.92 Å². The lowest BCUT2D eigenvalue weighted by Gasteiger charge is -2.20. The van der Waals surface area contributed by atoms with Gasteiger partial charge in [0.15, 0.2) is 0 Å². The predicted octanol–water partition coefficient (Wildman–Crippen LogP) is 2.19. The maximum Gasteiger partial charge on any atom is 0.264 e. The number of likely N-dealkylation sites (tertiary alicyclic amines) is 1. The smallest absolute Gasteiger partial charge is 0.264 e. The number of hydrogen-bond acceptors (Lipinski definition) is 2. The van der Waals surface area contributed by atoms with Gasteiger partial charge in [-0.15, -0.1) is 11.3 Å². The number of carbonyl (C=O) groups is 1. The molecule has 0 aliphatic carbocycles. The Morgan fingerprint density at radius 3 is 3.08 bits per heavy atom. The summed E-state index contributed by atoms with van der Waals surface area (Å²) in [6, 6.07) is 3.96. The van der Waals surface area contributed by atoms with Crippen molar-refractivity contribution in [3.8, 4) is 0 Å². The number of carbonyl (C=O) groups excluding carboxylic acids is 1. The largest absolute Gasteiger partial charge is 0.335 e. The molecule has 1 fully saturated rings. The average molecular weight is 194 g/mol. The Balaban J connectivity index is 2.13. The molecule has 1 saturated heterocycles. The highest BCUT2D eigenvalue weighted by atomic mass is 32.1. The molecule has 1 aliphatic heterocycles. The van der Waals surface area contributed by atoms with Crippen LogP contribution in [-0.4, -0.2) is 23.4 Å². The zero-order valence-electron chi connectivity index (χ0n) is 7.40. The first kappa shape index (κ1) is 8.75. The Bertz CT molecular complexity index is 294. The van der Waals surface area contributed by atoms with Crippen molar-refractivity contribution in [2.75, 3.05) is 6.54 Å². The first-order chi connectivity index (χ1) is 6.29. The zero-order valence-corrected chi connectivity index (χ0v) is 8.22. The van der Waals surface area contributed by atoms with Crippen molar-refractivity contribution < 1.29 is 4.79 Å². The quantitative estimate of drug-likeness (QED) is 0.671. The second-order valence-corrected chi connectivity index (χ2v) is 4.22. The predicted molar refractivity (Wildman–Crippen MR) is 53.7 cm³/mol. The van der Waals surface area contributed by atoms with E-state index in [4.69, 9.17) is 0 Å². The molecule has 1 atom stereocenters. The molecule has 69 valence electrons. The summed E-state index contributed by atoms with van der Waals surface area (Å²) in [7, 11) is 0. The van der Waals surface area contributed by atoms with Crippen molar-refractivity contribution in [3.63, 3.8) is 0 Å². The van der Waals surface area contributed by atoms with Crippen molar-refractivity contribution in [3.05, 3.63) is 29.3 Å². The van der Waals surface area contributed by atoms with Gasteiger partial charge in [-0.25, -0.2) is 0 Å². The van der Waals surface area contributed by atoms with Gasteiger partial charge in [0.05, 0.1) is 4.88 Å². The van der Waals surface area contributed by atoms with E-state index in [0.29, 0.717) is 0 Å². The molecule has 1 radical (unpaired) electrons. The van der Waals surface area contributed by atoms with Crippen LogP contribution in [0.25, 0.3) is 0 Å². The lowest BCUT2D eigenvalue weighted by Crippen LogP contribution is -2.33. The van der Waals surface area contributed by atoms with E-state index in [1.165, 1.54) is 11.3 Å². The summed E-state index contributed by atoms with van der Waals surface area (Å²) < 4.78 is 0. The molecule has 2 heterocycles. The van der Waals surface area contributed by atoms with Crippen LogP contribution in [0.1, 0.15) is 22.5 Å². The molecule has 0 bridgehead atoms. The van der Waals surface area contributed by atoms with Gasteiger partial charge in [0.25, 0.3) is 5.91 Å². The van der Waals surface area contributed by atoms with E-state index in [9.17, 15) is 4.79 Å². The van der Waals surface area contributed by atoms with Crippen LogP contribution in [0.3, 0.4) is 0 Å². The van der Waals surface area contributed by atoms with Crippen LogP contribution in [0.5, 0.6) is 0 Å². The summed E-state index contributed by atoms with van der Waals surface area (Å²) in [4.78, 5) is 14.5. The van der Waals surface area contributed by atoms with Gasteiger partial charge in [0.2, 0.25) is 0 Å². The maximum atomic E-state index is 11.8. The second-order valence-electron chi connectivity index (χ2n) is 3.27. The second kappa shape index (κ2) is 3.50. The van der Waals surface area contributed by atoms with Crippen LogP contribution >= 0.6 is 11.3 Å². The fraction of sp³-hybridized carbons (Fsp3) is 0.400. The van der Waals surface area contributed by atoms with Gasteiger partial charge in [-0.3, -0.25) is 4.79 Å². The molecule has 1 unspecified atom stereocenters. The fourth-order valence-electron chi connectivity index (χ4n) is 1.64. The van der Waals surface area contributed by atoms with Crippen LogP contribution in [-0.2, 0) is 0 Å². The van der Waals surface area contributed by atoms with E-state index in [1.54, 1.807) is 0 Å². The number of amides is 1. The normalized spacial score (nSPS) is 22.2. The first-order valence-electron chi connectivity index (χ1n) is 4.46. The molecule has 1 amide bonds. The van der Waals surface area contributed by atoms with E-state index in [1.807, 2.05) is 22.4 Å². The van der Waals surface area contributed by atoms with Crippen LogP contribution in [0.2, 0.25) is 0 Å². The maximum absolute atomic E-state index is 11.8. The molecule has 1 aromatic rings. The van der Waals surface area contributed by atoms with E-state index >= 15 is 0 Å². The molecule has 13 heavy (non-hydrogen) atoms. The number of thiophene rings is 1. The van der Waals surface area contributed by atoms with Crippen LogP contribution < -0.4 is 0 Å². The summed E-state index contributed by atoms with van der Waals surface area (Å²) in [5.74, 6) is 0.146. The Labute approximate surface area is 82.2 Å². The number of hydrogen-bond donors (Lipinski definition) is 0. The first-order valence-corrected chi connectivity index (χ1v) is 5.34. The molecule has 1 aliphatic rings. The minimum Gasteiger partial charge on any atom is -0.335 e. The van der Waals surface area contributed by atoms with Crippen molar-refractivity contribution in [2.24, 2.45) is 0 Å². The summed E-state index contributed by atoms with van der Waals surface area (Å²) in [5, 5.41) is 1.93. The summed E-state index contributed by atoms with van der Waals surface area (Å²) >= 11 is 1.50.